The van der Waals surface area contributed by atoms with Crippen molar-refractivity contribution < 1.29 is 4.74 Å². The first-order chi connectivity index (χ1) is 10.1. The summed E-state index contributed by atoms with van der Waals surface area (Å²) in [7, 11) is 0. The van der Waals surface area contributed by atoms with Gasteiger partial charge in [0.1, 0.15) is 0 Å². The summed E-state index contributed by atoms with van der Waals surface area (Å²) >= 11 is 0. The number of hydrogen-bond acceptors (Lipinski definition) is 5. The average Bonchev–Trinajstić information content (AvgIpc) is 3.11. The molecule has 1 unspecified atom stereocenters. The zero-order chi connectivity index (χ0) is 14.8. The molecule has 0 radical (unpaired) electrons. The molecule has 21 heavy (non-hydrogen) atoms. The molecule has 1 N–H and O–H groups in total. The minimum absolute atomic E-state index is 0.137. The molecular weight excluding hydrogens is 264 g/mol. The topological polar surface area (TPSA) is 50.3 Å². The minimum atomic E-state index is 0.137. The third-order valence-corrected chi connectivity index (χ3v) is 4.00. The van der Waals surface area contributed by atoms with Gasteiger partial charge >= 0.3 is 0 Å². The molecule has 0 aromatic carbocycles. The second-order valence-electron chi connectivity index (χ2n) is 6.49. The molecule has 1 saturated heterocycles. The van der Waals surface area contributed by atoms with Gasteiger partial charge in [0.25, 0.3) is 0 Å². The Balaban J connectivity index is 1.79. The van der Waals surface area contributed by atoms with E-state index in [0.717, 1.165) is 24.7 Å². The molecule has 1 saturated carbocycles. The third kappa shape index (κ3) is 3.84. The largest absolute Gasteiger partial charge is 0.475 e. The Hall–Kier alpha value is -1.36. The van der Waals surface area contributed by atoms with Gasteiger partial charge in [0.2, 0.25) is 11.8 Å². The molecule has 5 heteroatoms. The second-order valence-corrected chi connectivity index (χ2v) is 6.49. The van der Waals surface area contributed by atoms with Crippen LogP contribution in [-0.2, 0) is 0 Å². The maximum Gasteiger partial charge on any atom is 0.229 e. The van der Waals surface area contributed by atoms with Crippen molar-refractivity contribution in [2.24, 2.45) is 0 Å². The summed E-state index contributed by atoms with van der Waals surface area (Å²) in [6.45, 7) is 8.21. The van der Waals surface area contributed by atoms with E-state index < -0.39 is 0 Å². The molecular formula is C16H26N4O. The first-order valence-electron chi connectivity index (χ1n) is 8.14. The zero-order valence-corrected chi connectivity index (χ0v) is 13.3. The van der Waals surface area contributed by atoms with Gasteiger partial charge in [-0.1, -0.05) is 0 Å². The number of hydrogen-bond donors (Lipinski definition) is 1. The number of ether oxygens (including phenoxy) is 1. The van der Waals surface area contributed by atoms with Crippen LogP contribution in [0.25, 0.3) is 0 Å². The molecule has 5 nitrogen and oxygen atoms in total. The number of aryl methyl sites for hydroxylation is 1. The third-order valence-electron chi connectivity index (χ3n) is 4.00. The van der Waals surface area contributed by atoms with E-state index in [2.05, 4.69) is 20.2 Å². The van der Waals surface area contributed by atoms with Crippen molar-refractivity contribution in [1.82, 2.24) is 15.3 Å². The van der Waals surface area contributed by atoms with Crippen molar-refractivity contribution in [2.45, 2.75) is 64.6 Å². The van der Waals surface area contributed by atoms with Gasteiger partial charge in [-0.05, 0) is 53.0 Å². The molecule has 1 atom stereocenters. The smallest absolute Gasteiger partial charge is 0.229 e. The van der Waals surface area contributed by atoms with Crippen LogP contribution in [0, 0.1) is 6.92 Å². The molecule has 2 heterocycles. The number of aromatic nitrogens is 2. The van der Waals surface area contributed by atoms with Crippen LogP contribution in [0.1, 0.15) is 45.2 Å². The maximum absolute atomic E-state index is 5.76. The Kier molecular flexibility index (Phi) is 4.29. The van der Waals surface area contributed by atoms with Crippen molar-refractivity contribution in [1.29, 1.82) is 0 Å². The molecule has 1 aliphatic carbocycles. The van der Waals surface area contributed by atoms with E-state index in [1.165, 1.54) is 25.7 Å². The monoisotopic (exact) mass is 290 g/mol. The summed E-state index contributed by atoms with van der Waals surface area (Å²) in [6, 6.07) is 3.10. The predicted octanol–water partition coefficient (Wildman–Crippen LogP) is 2.29. The first-order valence-corrected chi connectivity index (χ1v) is 8.14. The molecule has 0 amide bonds. The van der Waals surface area contributed by atoms with Crippen molar-refractivity contribution >= 4 is 5.95 Å². The van der Waals surface area contributed by atoms with Crippen LogP contribution >= 0.6 is 0 Å². The highest BCUT2D eigenvalue weighted by Gasteiger charge is 2.33. The van der Waals surface area contributed by atoms with E-state index >= 15 is 0 Å². The SMILES string of the molecule is Cc1cc(OC(C)C)nc(N(CC2CCCN2)C2CC2)n1. The van der Waals surface area contributed by atoms with Crippen LogP contribution in [0.2, 0.25) is 0 Å². The molecule has 0 bridgehead atoms. The minimum Gasteiger partial charge on any atom is -0.475 e. The summed E-state index contributed by atoms with van der Waals surface area (Å²) in [5.41, 5.74) is 0.973. The van der Waals surface area contributed by atoms with Gasteiger partial charge in [-0.2, -0.15) is 4.98 Å². The Bertz CT molecular complexity index is 481. The Morgan fingerprint density at radius 2 is 2.14 bits per heavy atom. The van der Waals surface area contributed by atoms with E-state index in [0.29, 0.717) is 18.0 Å². The van der Waals surface area contributed by atoms with E-state index in [1.54, 1.807) is 0 Å². The lowest BCUT2D eigenvalue weighted by molar-refractivity contribution is 0.232. The molecule has 2 fully saturated rings. The summed E-state index contributed by atoms with van der Waals surface area (Å²) in [5, 5.41) is 3.57. The van der Waals surface area contributed by atoms with Crippen molar-refractivity contribution in [3.8, 4) is 5.88 Å². The standard InChI is InChI=1S/C16H26N4O/c1-11(2)21-15-9-12(3)18-16(19-15)20(14-6-7-14)10-13-5-4-8-17-13/h9,11,13-14,17H,4-8,10H2,1-3H3. The highest BCUT2D eigenvalue weighted by molar-refractivity contribution is 5.38. The van der Waals surface area contributed by atoms with Gasteiger partial charge in [0.15, 0.2) is 0 Å². The lowest BCUT2D eigenvalue weighted by atomic mass is 10.2. The van der Waals surface area contributed by atoms with Crippen molar-refractivity contribution in [2.75, 3.05) is 18.0 Å². The van der Waals surface area contributed by atoms with Crippen LogP contribution in [-0.4, -0.2) is 41.2 Å². The van der Waals surface area contributed by atoms with Gasteiger partial charge in [0.05, 0.1) is 6.10 Å². The van der Waals surface area contributed by atoms with Crippen molar-refractivity contribution in [3.63, 3.8) is 0 Å². The number of nitrogens with zero attached hydrogens (tertiary/aromatic N) is 3. The van der Waals surface area contributed by atoms with Crippen LogP contribution in [0.5, 0.6) is 5.88 Å². The Morgan fingerprint density at radius 3 is 2.76 bits per heavy atom. The molecule has 0 spiro atoms. The number of nitrogens with one attached hydrogen (secondary N) is 1. The molecule has 1 aliphatic heterocycles. The average molecular weight is 290 g/mol. The van der Waals surface area contributed by atoms with Gasteiger partial charge in [-0.25, -0.2) is 4.98 Å². The quantitative estimate of drug-likeness (QED) is 0.871. The summed E-state index contributed by atoms with van der Waals surface area (Å²) < 4.78 is 5.76. The van der Waals surface area contributed by atoms with Gasteiger partial charge < -0.3 is 15.0 Å². The molecule has 2 aliphatic rings. The summed E-state index contributed by atoms with van der Waals surface area (Å²) in [4.78, 5) is 11.7. The summed E-state index contributed by atoms with van der Waals surface area (Å²) in [6.07, 6.45) is 5.18. The van der Waals surface area contributed by atoms with E-state index in [-0.39, 0.29) is 6.10 Å². The molecule has 1 aromatic heterocycles. The highest BCUT2D eigenvalue weighted by atomic mass is 16.5. The fourth-order valence-corrected chi connectivity index (χ4v) is 2.89. The van der Waals surface area contributed by atoms with Crippen molar-refractivity contribution in [3.05, 3.63) is 11.8 Å². The Morgan fingerprint density at radius 1 is 1.33 bits per heavy atom. The highest BCUT2D eigenvalue weighted by Crippen LogP contribution is 2.31. The van der Waals surface area contributed by atoms with Crippen LogP contribution in [0.15, 0.2) is 6.07 Å². The number of rotatable bonds is 6. The maximum atomic E-state index is 5.76. The molecule has 1 aromatic rings. The zero-order valence-electron chi connectivity index (χ0n) is 13.3. The second kappa shape index (κ2) is 6.18. The number of anilines is 1. The van der Waals surface area contributed by atoms with Crippen LogP contribution in [0.4, 0.5) is 5.95 Å². The predicted molar refractivity (Wildman–Crippen MR) is 83.9 cm³/mol. The van der Waals surface area contributed by atoms with Gasteiger partial charge in [0, 0.05) is 30.4 Å². The first kappa shape index (κ1) is 14.6. The fraction of sp³-hybridized carbons (Fsp3) is 0.750. The van der Waals surface area contributed by atoms with E-state index in [1.807, 2.05) is 26.8 Å². The molecule has 3 rings (SSSR count). The lowest BCUT2D eigenvalue weighted by Crippen LogP contribution is -2.40. The van der Waals surface area contributed by atoms with E-state index in [4.69, 9.17) is 4.74 Å². The molecule has 116 valence electrons. The summed E-state index contributed by atoms with van der Waals surface area (Å²) in [5.74, 6) is 1.53. The van der Waals surface area contributed by atoms with Crippen LogP contribution < -0.4 is 15.0 Å². The fourth-order valence-electron chi connectivity index (χ4n) is 2.89. The normalized spacial score (nSPS) is 21.8. The van der Waals surface area contributed by atoms with E-state index in [9.17, 15) is 0 Å². The van der Waals surface area contributed by atoms with Gasteiger partial charge in [-0.15, -0.1) is 0 Å². The van der Waals surface area contributed by atoms with Crippen LogP contribution in [0.3, 0.4) is 0 Å². The lowest BCUT2D eigenvalue weighted by Gasteiger charge is -2.26. The van der Waals surface area contributed by atoms with Gasteiger partial charge in [-0.3, -0.25) is 0 Å². The Labute approximate surface area is 127 Å².